The van der Waals surface area contributed by atoms with E-state index in [9.17, 15) is 4.79 Å². The molecule has 0 aromatic heterocycles. The second kappa shape index (κ2) is 8.01. The van der Waals surface area contributed by atoms with E-state index in [1.165, 1.54) is 0 Å². The number of nitrogens with one attached hydrogen (secondary N) is 2. The SMILES string of the molecule is CCCNC(CN)CC(=O)NCC. The van der Waals surface area contributed by atoms with Crippen molar-refractivity contribution in [2.24, 2.45) is 5.73 Å². The molecule has 0 rings (SSSR count). The van der Waals surface area contributed by atoms with Gasteiger partial charge in [-0.15, -0.1) is 0 Å². The van der Waals surface area contributed by atoms with Gasteiger partial charge in [-0.2, -0.15) is 0 Å². The van der Waals surface area contributed by atoms with Crippen LogP contribution in [-0.2, 0) is 4.79 Å². The van der Waals surface area contributed by atoms with Gasteiger partial charge in [-0.3, -0.25) is 4.79 Å². The van der Waals surface area contributed by atoms with Crippen molar-refractivity contribution in [3.05, 3.63) is 0 Å². The Labute approximate surface area is 80.3 Å². The van der Waals surface area contributed by atoms with Gasteiger partial charge in [0.1, 0.15) is 0 Å². The normalized spacial score (nSPS) is 12.5. The Balaban J connectivity index is 3.62. The summed E-state index contributed by atoms with van der Waals surface area (Å²) in [4.78, 5) is 11.2. The highest BCUT2D eigenvalue weighted by atomic mass is 16.1. The van der Waals surface area contributed by atoms with Gasteiger partial charge < -0.3 is 16.4 Å². The van der Waals surface area contributed by atoms with Crippen molar-refractivity contribution in [1.29, 1.82) is 0 Å². The van der Waals surface area contributed by atoms with E-state index >= 15 is 0 Å². The van der Waals surface area contributed by atoms with Gasteiger partial charge in [0, 0.05) is 25.6 Å². The average molecular weight is 187 g/mol. The molecular formula is C9H21N3O. The predicted molar refractivity (Wildman–Crippen MR) is 54.4 cm³/mol. The molecule has 1 amide bonds. The molecule has 0 spiro atoms. The third-order valence-electron chi connectivity index (χ3n) is 1.77. The number of rotatable bonds is 7. The van der Waals surface area contributed by atoms with Gasteiger partial charge in [0.2, 0.25) is 5.91 Å². The molecule has 78 valence electrons. The van der Waals surface area contributed by atoms with Crippen molar-refractivity contribution in [1.82, 2.24) is 10.6 Å². The first-order chi connectivity index (χ1) is 6.24. The van der Waals surface area contributed by atoms with Gasteiger partial charge in [-0.1, -0.05) is 6.92 Å². The molecule has 0 fully saturated rings. The summed E-state index contributed by atoms with van der Waals surface area (Å²) >= 11 is 0. The molecule has 1 atom stereocenters. The second-order valence-corrected chi connectivity index (χ2v) is 3.04. The van der Waals surface area contributed by atoms with Crippen LogP contribution in [0.15, 0.2) is 0 Å². The molecule has 4 nitrogen and oxygen atoms in total. The second-order valence-electron chi connectivity index (χ2n) is 3.04. The van der Waals surface area contributed by atoms with E-state index in [-0.39, 0.29) is 11.9 Å². The molecule has 0 bridgehead atoms. The Morgan fingerprint density at radius 2 is 2.15 bits per heavy atom. The minimum Gasteiger partial charge on any atom is -0.356 e. The van der Waals surface area contributed by atoms with Gasteiger partial charge in [-0.25, -0.2) is 0 Å². The van der Waals surface area contributed by atoms with Crippen LogP contribution in [0.4, 0.5) is 0 Å². The number of hydrogen-bond donors (Lipinski definition) is 3. The quantitative estimate of drug-likeness (QED) is 0.519. The maximum atomic E-state index is 11.2. The summed E-state index contributed by atoms with van der Waals surface area (Å²) in [6, 6.07) is 0.117. The maximum Gasteiger partial charge on any atom is 0.221 e. The molecule has 0 aliphatic heterocycles. The molecule has 0 heterocycles. The Morgan fingerprint density at radius 1 is 1.46 bits per heavy atom. The lowest BCUT2D eigenvalue weighted by atomic mass is 10.2. The third-order valence-corrected chi connectivity index (χ3v) is 1.77. The van der Waals surface area contributed by atoms with Crippen molar-refractivity contribution >= 4 is 5.91 Å². The summed E-state index contributed by atoms with van der Waals surface area (Å²) in [5.74, 6) is 0.0709. The standard InChI is InChI=1S/C9H21N3O/c1-3-5-12-8(7-10)6-9(13)11-4-2/h8,12H,3-7,10H2,1-2H3,(H,11,13). The van der Waals surface area contributed by atoms with Gasteiger partial charge in [0.25, 0.3) is 0 Å². The Kier molecular flexibility index (Phi) is 7.63. The number of nitrogens with two attached hydrogens (primary N) is 1. The summed E-state index contributed by atoms with van der Waals surface area (Å²) in [5.41, 5.74) is 5.52. The summed E-state index contributed by atoms with van der Waals surface area (Å²) in [7, 11) is 0. The smallest absolute Gasteiger partial charge is 0.221 e. The number of amides is 1. The molecule has 0 radical (unpaired) electrons. The highest BCUT2D eigenvalue weighted by Crippen LogP contribution is 1.90. The molecule has 0 aromatic carbocycles. The van der Waals surface area contributed by atoms with Crippen LogP contribution < -0.4 is 16.4 Å². The molecule has 0 aliphatic rings. The fourth-order valence-corrected chi connectivity index (χ4v) is 1.08. The Hall–Kier alpha value is -0.610. The topological polar surface area (TPSA) is 67.1 Å². The minimum atomic E-state index is 0.0709. The Morgan fingerprint density at radius 3 is 2.62 bits per heavy atom. The monoisotopic (exact) mass is 187 g/mol. The van der Waals surface area contributed by atoms with E-state index in [0.29, 0.717) is 19.5 Å². The van der Waals surface area contributed by atoms with Crippen LogP contribution in [0.3, 0.4) is 0 Å². The van der Waals surface area contributed by atoms with Crippen LogP contribution in [0.1, 0.15) is 26.7 Å². The zero-order chi connectivity index (χ0) is 10.1. The molecule has 0 saturated carbocycles. The molecular weight excluding hydrogens is 166 g/mol. The largest absolute Gasteiger partial charge is 0.356 e. The lowest BCUT2D eigenvalue weighted by molar-refractivity contribution is -0.121. The van der Waals surface area contributed by atoms with Gasteiger partial charge in [-0.05, 0) is 19.9 Å². The lowest BCUT2D eigenvalue weighted by Crippen LogP contribution is -2.40. The first-order valence-corrected chi connectivity index (χ1v) is 4.94. The molecule has 1 unspecified atom stereocenters. The van der Waals surface area contributed by atoms with Crippen molar-refractivity contribution in [2.75, 3.05) is 19.6 Å². The summed E-state index contributed by atoms with van der Waals surface area (Å²) in [6.07, 6.45) is 1.54. The highest BCUT2D eigenvalue weighted by Gasteiger charge is 2.09. The van der Waals surface area contributed by atoms with E-state index in [4.69, 9.17) is 5.73 Å². The maximum absolute atomic E-state index is 11.2. The van der Waals surface area contributed by atoms with Gasteiger partial charge in [0.05, 0.1) is 0 Å². The molecule has 13 heavy (non-hydrogen) atoms. The van der Waals surface area contributed by atoms with Crippen molar-refractivity contribution in [3.8, 4) is 0 Å². The minimum absolute atomic E-state index is 0.0709. The van der Waals surface area contributed by atoms with Crippen molar-refractivity contribution < 1.29 is 4.79 Å². The highest BCUT2D eigenvalue weighted by molar-refractivity contribution is 5.76. The number of hydrogen-bond acceptors (Lipinski definition) is 3. The molecule has 4 heteroatoms. The van der Waals surface area contributed by atoms with Crippen LogP contribution >= 0.6 is 0 Å². The van der Waals surface area contributed by atoms with E-state index in [2.05, 4.69) is 17.6 Å². The van der Waals surface area contributed by atoms with E-state index < -0.39 is 0 Å². The molecule has 0 aromatic rings. The van der Waals surface area contributed by atoms with Crippen LogP contribution in [0.2, 0.25) is 0 Å². The Bertz CT molecular complexity index is 139. The summed E-state index contributed by atoms with van der Waals surface area (Å²) in [6.45, 7) is 6.11. The van der Waals surface area contributed by atoms with Gasteiger partial charge in [0.15, 0.2) is 0 Å². The first kappa shape index (κ1) is 12.4. The summed E-state index contributed by atoms with van der Waals surface area (Å²) in [5, 5.41) is 5.97. The molecule has 0 saturated heterocycles. The van der Waals surface area contributed by atoms with E-state index in [1.807, 2.05) is 6.92 Å². The zero-order valence-electron chi connectivity index (χ0n) is 8.60. The van der Waals surface area contributed by atoms with Crippen LogP contribution in [0, 0.1) is 0 Å². The predicted octanol–water partition coefficient (Wildman–Crippen LogP) is -0.160. The van der Waals surface area contributed by atoms with Crippen molar-refractivity contribution in [3.63, 3.8) is 0 Å². The third kappa shape index (κ3) is 6.54. The van der Waals surface area contributed by atoms with Gasteiger partial charge >= 0.3 is 0 Å². The van der Waals surface area contributed by atoms with Crippen LogP contribution in [0.5, 0.6) is 0 Å². The first-order valence-electron chi connectivity index (χ1n) is 4.94. The summed E-state index contributed by atoms with van der Waals surface area (Å²) < 4.78 is 0. The van der Waals surface area contributed by atoms with Crippen molar-refractivity contribution in [2.45, 2.75) is 32.7 Å². The molecule has 4 N–H and O–H groups in total. The number of carbonyl (C=O) groups excluding carboxylic acids is 1. The van der Waals surface area contributed by atoms with E-state index in [0.717, 1.165) is 13.0 Å². The fraction of sp³-hybridized carbons (Fsp3) is 0.889. The molecule has 0 aliphatic carbocycles. The van der Waals surface area contributed by atoms with Crippen LogP contribution in [0.25, 0.3) is 0 Å². The fourth-order valence-electron chi connectivity index (χ4n) is 1.08. The lowest BCUT2D eigenvalue weighted by Gasteiger charge is -2.15. The zero-order valence-corrected chi connectivity index (χ0v) is 8.60. The average Bonchev–Trinajstić information content (AvgIpc) is 2.12. The number of carbonyl (C=O) groups is 1. The van der Waals surface area contributed by atoms with E-state index in [1.54, 1.807) is 0 Å². The van der Waals surface area contributed by atoms with Crippen LogP contribution in [-0.4, -0.2) is 31.6 Å².